The molecule has 0 aromatic heterocycles. The van der Waals surface area contributed by atoms with Gasteiger partial charge in [0.05, 0.1) is 27.7 Å². The molecule has 0 saturated carbocycles. The van der Waals surface area contributed by atoms with Gasteiger partial charge in [-0.1, -0.05) is 349 Å². The second-order valence-electron chi connectivity index (χ2n) is 27.4. The molecule has 534 valence electrons. The van der Waals surface area contributed by atoms with Crippen LogP contribution in [0.5, 0.6) is 0 Å². The van der Waals surface area contributed by atoms with Crippen LogP contribution in [0.4, 0.5) is 0 Å². The van der Waals surface area contributed by atoms with Crippen molar-refractivity contribution in [2.45, 2.75) is 367 Å². The van der Waals surface area contributed by atoms with E-state index in [-0.39, 0.29) is 32.0 Å². The molecular weight excluding hydrogens is 1160 g/mol. The molecule has 0 amide bonds. The van der Waals surface area contributed by atoms with E-state index in [4.69, 9.17) is 18.5 Å². The zero-order chi connectivity index (χ0) is 66.9. The summed E-state index contributed by atoms with van der Waals surface area (Å²) in [4.78, 5) is 36.0. The number of allylic oxidation sites excluding steroid dienone is 16. The number of rotatable bonds is 72. The largest absolute Gasteiger partial charge is 0.472 e. The molecule has 9 nitrogen and oxygen atoms in total. The van der Waals surface area contributed by atoms with Gasteiger partial charge < -0.3 is 18.9 Å². The van der Waals surface area contributed by atoms with Crippen molar-refractivity contribution in [3.8, 4) is 0 Å². The Morgan fingerprint density at radius 1 is 0.348 bits per heavy atom. The van der Waals surface area contributed by atoms with Crippen molar-refractivity contribution in [2.75, 3.05) is 47.5 Å². The van der Waals surface area contributed by atoms with Gasteiger partial charge in [-0.3, -0.25) is 18.6 Å². The number of hydrogen-bond acceptors (Lipinski definition) is 7. The number of quaternary nitrogens is 1. The Hall–Kier alpha value is -3.07. The van der Waals surface area contributed by atoms with E-state index in [1.165, 1.54) is 244 Å². The fourth-order valence-corrected chi connectivity index (χ4v) is 11.9. The van der Waals surface area contributed by atoms with E-state index in [9.17, 15) is 19.0 Å². The molecule has 92 heavy (non-hydrogen) atoms. The topological polar surface area (TPSA) is 108 Å². The van der Waals surface area contributed by atoms with E-state index in [0.717, 1.165) is 83.5 Å². The molecule has 0 aromatic rings. The van der Waals surface area contributed by atoms with Crippen LogP contribution in [0.1, 0.15) is 361 Å². The number of carbonyl (C=O) groups is 2. The summed E-state index contributed by atoms with van der Waals surface area (Å²) in [6, 6.07) is 0. The van der Waals surface area contributed by atoms with Gasteiger partial charge in [0, 0.05) is 12.8 Å². The molecule has 0 rings (SSSR count). The van der Waals surface area contributed by atoms with E-state index >= 15 is 0 Å². The molecule has 0 fully saturated rings. The van der Waals surface area contributed by atoms with E-state index in [1.54, 1.807) is 0 Å². The maximum absolute atomic E-state index is 12.9. The van der Waals surface area contributed by atoms with Gasteiger partial charge in [0.1, 0.15) is 19.8 Å². The zero-order valence-electron chi connectivity index (χ0n) is 61.0. The number of esters is 2. The first-order chi connectivity index (χ1) is 45.0. The molecule has 0 heterocycles. The molecular formula is C82H149NO8P+. The summed E-state index contributed by atoms with van der Waals surface area (Å²) >= 11 is 0. The number of hydrogen-bond donors (Lipinski definition) is 1. The molecule has 0 aromatic carbocycles. The molecule has 0 saturated heterocycles. The molecule has 2 unspecified atom stereocenters. The van der Waals surface area contributed by atoms with Crippen molar-refractivity contribution in [3.63, 3.8) is 0 Å². The third-order valence-electron chi connectivity index (χ3n) is 17.1. The Balaban J connectivity index is 3.96. The molecule has 0 bridgehead atoms. The zero-order valence-corrected chi connectivity index (χ0v) is 61.9. The van der Waals surface area contributed by atoms with Crippen molar-refractivity contribution < 1.29 is 42.1 Å². The van der Waals surface area contributed by atoms with E-state index in [1.807, 2.05) is 21.1 Å². The predicted molar refractivity (Wildman–Crippen MR) is 399 cm³/mol. The Morgan fingerprint density at radius 2 is 0.620 bits per heavy atom. The van der Waals surface area contributed by atoms with Crippen LogP contribution in [0.15, 0.2) is 97.2 Å². The average Bonchev–Trinajstić information content (AvgIpc) is 2.14. The fraction of sp³-hybridized carbons (Fsp3) is 0.780. The molecule has 1 N–H and O–H groups in total. The molecule has 2 atom stereocenters. The number of nitrogens with zero attached hydrogens (tertiary/aromatic N) is 1. The van der Waals surface area contributed by atoms with E-state index in [0.29, 0.717) is 17.4 Å². The first-order valence-corrected chi connectivity index (χ1v) is 40.5. The van der Waals surface area contributed by atoms with Crippen LogP contribution in [0.3, 0.4) is 0 Å². The number of ether oxygens (including phenoxy) is 2. The standard InChI is InChI=1S/C82H148NO8P/c1-6-8-10-12-14-16-18-20-22-24-26-28-30-32-34-36-38-39-40-41-42-43-45-46-48-50-52-54-56-58-60-62-64-66-68-70-72-74-81(84)88-78-80(79-90-92(86,87)89-77-76-83(3,4)5)91-82(85)75-73-71-69-67-65-63-61-59-57-55-53-51-49-47-44-37-35-33-31-29-27-25-23-21-19-17-15-13-11-9-7-2/h9,11,15,17-18,20-21,23-24,26-27,29,33,35,44,47,80H,6-8,10,12-14,16,19,22,25,28,30-32,34,36-43,45-46,48-79H2,1-5H3/p+1/b11-9-,17-15-,20-18-,23-21-,26-24-,29-27-,35-33-,47-44-. The third kappa shape index (κ3) is 76.0. The van der Waals surface area contributed by atoms with Crippen LogP contribution in [0.2, 0.25) is 0 Å². The van der Waals surface area contributed by atoms with Crippen molar-refractivity contribution in [3.05, 3.63) is 97.2 Å². The number of unbranched alkanes of at least 4 members (excludes halogenated alkanes) is 42. The summed E-state index contributed by atoms with van der Waals surface area (Å²) < 4.78 is 34.8. The molecule has 0 spiro atoms. The Bertz CT molecular complexity index is 1880. The van der Waals surface area contributed by atoms with Crippen LogP contribution in [-0.4, -0.2) is 74.9 Å². The summed E-state index contributed by atoms with van der Waals surface area (Å²) in [7, 11) is 1.48. The number of phosphoric ester groups is 1. The van der Waals surface area contributed by atoms with Crippen molar-refractivity contribution in [2.24, 2.45) is 0 Å². The van der Waals surface area contributed by atoms with E-state index < -0.39 is 26.5 Å². The number of carbonyl (C=O) groups excluding carboxylic acids is 2. The molecule has 0 aliphatic carbocycles. The highest BCUT2D eigenvalue weighted by atomic mass is 31.2. The Labute approximate surface area is 570 Å². The minimum Gasteiger partial charge on any atom is -0.462 e. The van der Waals surface area contributed by atoms with Crippen LogP contribution in [0.25, 0.3) is 0 Å². The second kappa shape index (κ2) is 72.2. The third-order valence-corrected chi connectivity index (χ3v) is 18.1. The van der Waals surface area contributed by atoms with Crippen molar-refractivity contribution in [1.29, 1.82) is 0 Å². The van der Waals surface area contributed by atoms with Gasteiger partial charge in [-0.25, -0.2) is 4.57 Å². The maximum atomic E-state index is 12.9. The van der Waals surface area contributed by atoms with Gasteiger partial charge in [-0.05, 0) is 96.3 Å². The molecule has 10 heteroatoms. The van der Waals surface area contributed by atoms with Crippen LogP contribution in [-0.2, 0) is 32.7 Å². The molecule has 0 aliphatic rings. The lowest BCUT2D eigenvalue weighted by Gasteiger charge is -2.24. The molecule has 0 aliphatic heterocycles. The number of likely N-dealkylation sites (N-methyl/N-ethyl adjacent to an activating group) is 1. The van der Waals surface area contributed by atoms with E-state index in [2.05, 4.69) is 111 Å². The van der Waals surface area contributed by atoms with Gasteiger partial charge in [0.2, 0.25) is 0 Å². The summed E-state index contributed by atoms with van der Waals surface area (Å²) in [5, 5.41) is 0. The van der Waals surface area contributed by atoms with Gasteiger partial charge in [0.25, 0.3) is 0 Å². The highest BCUT2D eigenvalue weighted by Crippen LogP contribution is 2.43. The monoisotopic (exact) mass is 1310 g/mol. The van der Waals surface area contributed by atoms with Crippen LogP contribution >= 0.6 is 7.82 Å². The lowest BCUT2D eigenvalue weighted by Crippen LogP contribution is -2.37. The molecule has 0 radical (unpaired) electrons. The summed E-state index contributed by atoms with van der Waals surface area (Å²) in [5.74, 6) is -0.787. The SMILES string of the molecule is CC/C=C\C/C=C\C/C=C\C/C=C\C/C=C\C/C=C\CCCCCCCCCCCCCCC(=O)OC(COC(=O)CCCCCCCCCCCCCCCCCCCCCCCCCCC/C=C\C/C=C\CCCCCCC)COP(=O)(O)OCC[N+](C)(C)C. The van der Waals surface area contributed by atoms with Gasteiger partial charge in [0.15, 0.2) is 6.10 Å². The first-order valence-electron chi connectivity index (χ1n) is 39.0. The van der Waals surface area contributed by atoms with Crippen LogP contribution < -0.4 is 0 Å². The summed E-state index contributed by atoms with van der Waals surface area (Å²) in [6.07, 6.45) is 101. The van der Waals surface area contributed by atoms with Crippen molar-refractivity contribution >= 4 is 19.8 Å². The minimum absolute atomic E-state index is 0.0298. The lowest BCUT2D eigenvalue weighted by atomic mass is 10.0. The lowest BCUT2D eigenvalue weighted by molar-refractivity contribution is -0.870. The number of phosphoric acid groups is 1. The predicted octanol–water partition coefficient (Wildman–Crippen LogP) is 25.8. The quantitative estimate of drug-likeness (QED) is 0.0211. The highest BCUT2D eigenvalue weighted by molar-refractivity contribution is 7.47. The van der Waals surface area contributed by atoms with Gasteiger partial charge in [-0.2, -0.15) is 0 Å². The Morgan fingerprint density at radius 3 is 0.924 bits per heavy atom. The first kappa shape index (κ1) is 88.9. The Kier molecular flexibility index (Phi) is 69.8. The summed E-state index contributed by atoms with van der Waals surface area (Å²) in [6.45, 7) is 4.35. The smallest absolute Gasteiger partial charge is 0.462 e. The second-order valence-corrected chi connectivity index (χ2v) is 28.8. The van der Waals surface area contributed by atoms with Crippen molar-refractivity contribution in [1.82, 2.24) is 0 Å². The highest BCUT2D eigenvalue weighted by Gasteiger charge is 2.27. The summed E-state index contributed by atoms with van der Waals surface area (Å²) in [5.41, 5.74) is 0. The van der Waals surface area contributed by atoms with Crippen LogP contribution in [0, 0.1) is 0 Å². The van der Waals surface area contributed by atoms with Gasteiger partial charge in [-0.15, -0.1) is 0 Å². The fourth-order valence-electron chi connectivity index (χ4n) is 11.2. The van der Waals surface area contributed by atoms with Gasteiger partial charge >= 0.3 is 19.8 Å². The minimum atomic E-state index is -4.40. The average molecular weight is 1310 g/mol. The normalized spacial score (nSPS) is 13.6. The maximum Gasteiger partial charge on any atom is 0.472 e.